The molecule has 2 atom stereocenters. The van der Waals surface area contributed by atoms with Crippen LogP contribution in [0.25, 0.3) is 0 Å². The van der Waals surface area contributed by atoms with Gasteiger partial charge in [0.05, 0.1) is 16.2 Å². The van der Waals surface area contributed by atoms with Crippen LogP contribution in [-0.2, 0) is 9.84 Å². The Morgan fingerprint density at radius 1 is 0.913 bits per heavy atom. The van der Waals surface area contributed by atoms with Crippen LogP contribution >= 0.6 is 0 Å². The van der Waals surface area contributed by atoms with Crippen LogP contribution in [-0.4, -0.2) is 26.8 Å². The van der Waals surface area contributed by atoms with Crippen molar-refractivity contribution in [3.63, 3.8) is 0 Å². The smallest absolute Gasteiger partial charge is 0.183 e. The molecule has 0 heterocycles. The van der Waals surface area contributed by atoms with Crippen LogP contribution in [0.3, 0.4) is 0 Å². The van der Waals surface area contributed by atoms with Crippen molar-refractivity contribution in [2.24, 2.45) is 0 Å². The van der Waals surface area contributed by atoms with Crippen molar-refractivity contribution in [3.05, 3.63) is 66.2 Å². The Morgan fingerprint density at radius 3 is 1.87 bits per heavy atom. The maximum Gasteiger partial charge on any atom is 0.183 e. The molecule has 5 heteroatoms. The highest BCUT2D eigenvalue weighted by atomic mass is 32.2. The number of aliphatic hydroxyl groups excluding tert-OH is 1. The molecule has 0 aliphatic heterocycles. The Balaban J connectivity index is 2.46. The van der Waals surface area contributed by atoms with Crippen LogP contribution in [0.4, 0.5) is 0 Å². The number of aliphatic hydroxyl groups is 1. The summed E-state index contributed by atoms with van der Waals surface area (Å²) in [5.74, 6) is 0. The lowest BCUT2D eigenvalue weighted by atomic mass is 10.1. The van der Waals surface area contributed by atoms with Crippen molar-refractivity contribution in [3.8, 4) is 0 Å². The first-order chi connectivity index (χ1) is 10.7. The summed E-state index contributed by atoms with van der Waals surface area (Å²) in [7, 11) is -5.29. The van der Waals surface area contributed by atoms with Gasteiger partial charge in [0.25, 0.3) is 0 Å². The SMILES string of the molecule is C[Si](C)(C)C[C@H]([C@H](O)c1ccccc1)S(=O)(=O)c1ccccc1. The first-order valence-electron chi connectivity index (χ1n) is 7.74. The van der Waals surface area contributed by atoms with Crippen LogP contribution in [0.2, 0.25) is 25.7 Å². The standard InChI is InChI=1S/C18H24O3SSi/c1-23(2,3)14-17(18(19)15-10-6-4-7-11-15)22(20,21)16-12-8-5-9-13-16/h4-13,17-19H,14H2,1-3H3/t17-,18-/m1/s1. The van der Waals surface area contributed by atoms with Gasteiger partial charge in [-0.1, -0.05) is 68.2 Å². The molecule has 2 aromatic carbocycles. The number of benzene rings is 2. The lowest BCUT2D eigenvalue weighted by Crippen LogP contribution is -2.36. The van der Waals surface area contributed by atoms with E-state index in [2.05, 4.69) is 19.6 Å². The van der Waals surface area contributed by atoms with Crippen molar-refractivity contribution >= 4 is 17.9 Å². The predicted molar refractivity (Wildman–Crippen MR) is 97.0 cm³/mol. The maximum absolute atomic E-state index is 13.1. The van der Waals surface area contributed by atoms with Gasteiger partial charge in [0.1, 0.15) is 0 Å². The zero-order valence-corrected chi connectivity index (χ0v) is 15.6. The molecule has 0 radical (unpaired) electrons. The second-order valence-corrected chi connectivity index (χ2v) is 14.7. The molecule has 0 aromatic heterocycles. The summed E-state index contributed by atoms with van der Waals surface area (Å²) in [5.41, 5.74) is 0.648. The van der Waals surface area contributed by atoms with Crippen LogP contribution in [0.15, 0.2) is 65.6 Å². The van der Waals surface area contributed by atoms with E-state index < -0.39 is 29.3 Å². The third-order valence-corrected chi connectivity index (χ3v) is 7.89. The van der Waals surface area contributed by atoms with Gasteiger partial charge in [0.2, 0.25) is 0 Å². The van der Waals surface area contributed by atoms with Crippen molar-refractivity contribution < 1.29 is 13.5 Å². The van der Waals surface area contributed by atoms with E-state index in [1.165, 1.54) is 0 Å². The molecule has 0 fully saturated rings. The molecule has 0 unspecified atom stereocenters. The first-order valence-corrected chi connectivity index (χ1v) is 13.0. The van der Waals surface area contributed by atoms with Gasteiger partial charge in [-0.2, -0.15) is 0 Å². The van der Waals surface area contributed by atoms with E-state index in [0.29, 0.717) is 11.6 Å². The number of hydrogen-bond acceptors (Lipinski definition) is 3. The molecule has 0 amide bonds. The Labute approximate surface area is 139 Å². The van der Waals surface area contributed by atoms with Crippen molar-refractivity contribution in [2.75, 3.05) is 0 Å². The molecule has 2 aromatic rings. The highest BCUT2D eigenvalue weighted by Gasteiger charge is 2.37. The summed E-state index contributed by atoms with van der Waals surface area (Å²) in [5, 5.41) is 9.96. The average Bonchev–Trinajstić information content (AvgIpc) is 2.53. The van der Waals surface area contributed by atoms with Gasteiger partial charge in [0.15, 0.2) is 9.84 Å². The summed E-state index contributed by atoms with van der Waals surface area (Å²) in [4.78, 5) is 0.276. The highest BCUT2D eigenvalue weighted by Crippen LogP contribution is 2.32. The van der Waals surface area contributed by atoms with Crippen LogP contribution in [0, 0.1) is 0 Å². The third kappa shape index (κ3) is 4.53. The van der Waals surface area contributed by atoms with Gasteiger partial charge in [-0.05, 0) is 23.7 Å². The quantitative estimate of drug-likeness (QED) is 0.806. The Morgan fingerprint density at radius 2 is 1.39 bits per heavy atom. The van der Waals surface area contributed by atoms with Crippen molar-refractivity contribution in [1.82, 2.24) is 0 Å². The molecule has 1 N–H and O–H groups in total. The largest absolute Gasteiger partial charge is 0.387 e. The lowest BCUT2D eigenvalue weighted by molar-refractivity contribution is 0.175. The van der Waals surface area contributed by atoms with Crippen molar-refractivity contribution in [1.29, 1.82) is 0 Å². The maximum atomic E-state index is 13.1. The molecule has 2 rings (SSSR count). The molecule has 0 aliphatic rings. The Hall–Kier alpha value is -1.43. The molecule has 0 saturated carbocycles. The normalized spacial score (nSPS) is 15.1. The van der Waals surface area contributed by atoms with Crippen molar-refractivity contribution in [2.45, 2.75) is 41.9 Å². The third-order valence-electron chi connectivity index (χ3n) is 3.78. The molecule has 0 bridgehead atoms. The molecular formula is C18H24O3SSi. The van der Waals surface area contributed by atoms with Crippen LogP contribution < -0.4 is 0 Å². The molecule has 23 heavy (non-hydrogen) atoms. The van der Waals surface area contributed by atoms with E-state index in [-0.39, 0.29) is 4.90 Å². The van der Waals surface area contributed by atoms with E-state index in [1.807, 2.05) is 18.2 Å². The summed E-state index contributed by atoms with van der Waals surface area (Å²) < 4.78 is 26.2. The zero-order chi connectivity index (χ0) is 17.1. The predicted octanol–water partition coefficient (Wildman–Crippen LogP) is 3.90. The number of sulfone groups is 1. The fraction of sp³-hybridized carbons (Fsp3) is 0.333. The van der Waals surface area contributed by atoms with Crippen LogP contribution in [0.5, 0.6) is 0 Å². The minimum atomic E-state index is -3.60. The fourth-order valence-corrected chi connectivity index (χ4v) is 7.84. The summed E-state index contributed by atoms with van der Waals surface area (Å²) >= 11 is 0. The van der Waals surface area contributed by atoms with E-state index in [1.54, 1.807) is 42.5 Å². The molecule has 124 valence electrons. The lowest BCUT2D eigenvalue weighted by Gasteiger charge is -2.28. The molecule has 0 spiro atoms. The number of rotatable bonds is 6. The molecular weight excluding hydrogens is 324 g/mol. The van der Waals surface area contributed by atoms with Gasteiger partial charge >= 0.3 is 0 Å². The van der Waals surface area contributed by atoms with Gasteiger partial charge in [-0.15, -0.1) is 0 Å². The average molecular weight is 349 g/mol. The van der Waals surface area contributed by atoms with Gasteiger partial charge in [-0.3, -0.25) is 0 Å². The number of hydrogen-bond donors (Lipinski definition) is 1. The summed E-state index contributed by atoms with van der Waals surface area (Å²) in [6.45, 7) is 6.37. The Bertz CT molecular complexity index is 722. The minimum absolute atomic E-state index is 0.276. The molecule has 0 aliphatic carbocycles. The molecule has 3 nitrogen and oxygen atoms in total. The van der Waals surface area contributed by atoms with E-state index in [4.69, 9.17) is 0 Å². The molecule has 0 saturated heterocycles. The topological polar surface area (TPSA) is 54.4 Å². The highest BCUT2D eigenvalue weighted by molar-refractivity contribution is 7.92. The zero-order valence-electron chi connectivity index (χ0n) is 13.8. The van der Waals surface area contributed by atoms with E-state index in [0.717, 1.165) is 0 Å². The monoisotopic (exact) mass is 348 g/mol. The first kappa shape index (κ1) is 17.9. The van der Waals surface area contributed by atoms with E-state index in [9.17, 15) is 13.5 Å². The minimum Gasteiger partial charge on any atom is -0.387 e. The van der Waals surface area contributed by atoms with E-state index >= 15 is 0 Å². The second-order valence-electron chi connectivity index (χ2n) is 7.02. The van der Waals surface area contributed by atoms with Crippen LogP contribution in [0.1, 0.15) is 11.7 Å². The fourth-order valence-electron chi connectivity index (χ4n) is 2.64. The summed E-state index contributed by atoms with van der Waals surface area (Å²) in [6, 6.07) is 18.0. The Kier molecular flexibility index (Phi) is 5.44. The van der Waals surface area contributed by atoms with Gasteiger partial charge in [0, 0.05) is 8.07 Å². The second kappa shape index (κ2) is 6.99. The summed E-state index contributed by atoms with van der Waals surface area (Å²) in [6.07, 6.45) is -1.02. The van der Waals surface area contributed by atoms with Gasteiger partial charge < -0.3 is 5.11 Å². The van der Waals surface area contributed by atoms with Gasteiger partial charge in [-0.25, -0.2) is 8.42 Å².